The molecular formula is C14H24N2O3S. The van der Waals surface area contributed by atoms with E-state index in [1.807, 2.05) is 13.8 Å². The maximum absolute atomic E-state index is 12.3. The maximum atomic E-state index is 12.3. The fourth-order valence-corrected chi connectivity index (χ4v) is 3.16. The van der Waals surface area contributed by atoms with E-state index < -0.39 is 15.6 Å². The molecule has 0 aliphatic rings. The molecule has 1 rings (SSSR count). The molecule has 0 aromatic heterocycles. The van der Waals surface area contributed by atoms with E-state index >= 15 is 0 Å². The number of sulfonamides is 1. The first-order valence-corrected chi connectivity index (χ1v) is 8.23. The monoisotopic (exact) mass is 300 g/mol. The van der Waals surface area contributed by atoms with Gasteiger partial charge in [0.15, 0.2) is 0 Å². The number of aliphatic hydroxyl groups excluding tert-OH is 1. The molecule has 1 atom stereocenters. The maximum Gasteiger partial charge on any atom is 0.242 e. The van der Waals surface area contributed by atoms with E-state index in [0.717, 1.165) is 0 Å². The number of para-hydroxylation sites is 1. The van der Waals surface area contributed by atoms with E-state index in [-0.39, 0.29) is 17.5 Å². The molecule has 0 aliphatic heterocycles. The molecule has 3 N–H and O–H groups in total. The Bertz CT molecular complexity index is 537. The Labute approximate surface area is 121 Å². The van der Waals surface area contributed by atoms with Crippen LogP contribution >= 0.6 is 0 Å². The van der Waals surface area contributed by atoms with Gasteiger partial charge in [0, 0.05) is 6.04 Å². The van der Waals surface area contributed by atoms with Crippen LogP contribution in [0.2, 0.25) is 0 Å². The van der Waals surface area contributed by atoms with Crippen LogP contribution in [-0.4, -0.2) is 31.7 Å². The molecule has 0 saturated carbocycles. The van der Waals surface area contributed by atoms with Crippen molar-refractivity contribution in [3.63, 3.8) is 0 Å². The van der Waals surface area contributed by atoms with Gasteiger partial charge in [0.05, 0.1) is 17.8 Å². The van der Waals surface area contributed by atoms with Crippen molar-refractivity contribution in [2.75, 3.05) is 11.9 Å². The average Bonchev–Trinajstić information content (AvgIpc) is 2.37. The van der Waals surface area contributed by atoms with E-state index in [4.69, 9.17) is 0 Å². The molecule has 0 amide bonds. The molecule has 1 aromatic rings. The Morgan fingerprint density at radius 2 is 1.90 bits per heavy atom. The molecular weight excluding hydrogens is 276 g/mol. The number of hydrogen-bond donors (Lipinski definition) is 3. The predicted octanol–water partition coefficient (Wildman–Crippen LogP) is 1.95. The molecule has 0 aliphatic carbocycles. The third kappa shape index (κ3) is 4.19. The third-order valence-electron chi connectivity index (χ3n) is 3.13. The highest BCUT2D eigenvalue weighted by Gasteiger charge is 2.25. The molecule has 0 saturated heterocycles. The Balaban J connectivity index is 3.18. The van der Waals surface area contributed by atoms with E-state index in [1.54, 1.807) is 38.1 Å². The minimum absolute atomic E-state index is 0.0739. The van der Waals surface area contributed by atoms with E-state index in [2.05, 4.69) is 10.0 Å². The van der Waals surface area contributed by atoms with Gasteiger partial charge in [-0.2, -0.15) is 0 Å². The Morgan fingerprint density at radius 1 is 1.30 bits per heavy atom. The van der Waals surface area contributed by atoms with Gasteiger partial charge in [-0.1, -0.05) is 19.1 Å². The van der Waals surface area contributed by atoms with Crippen LogP contribution in [0.4, 0.5) is 5.69 Å². The van der Waals surface area contributed by atoms with Gasteiger partial charge in [-0.05, 0) is 39.3 Å². The van der Waals surface area contributed by atoms with Crippen molar-refractivity contribution in [1.82, 2.24) is 4.72 Å². The van der Waals surface area contributed by atoms with Gasteiger partial charge < -0.3 is 10.4 Å². The smallest absolute Gasteiger partial charge is 0.242 e. The number of aliphatic hydroxyl groups is 1. The second-order valence-electron chi connectivity index (χ2n) is 5.47. The Kier molecular flexibility index (Phi) is 5.56. The van der Waals surface area contributed by atoms with Crippen LogP contribution < -0.4 is 10.0 Å². The fourth-order valence-electron chi connectivity index (χ4n) is 1.74. The molecule has 20 heavy (non-hydrogen) atoms. The molecule has 0 spiro atoms. The normalized spacial score (nSPS) is 15.1. The molecule has 0 heterocycles. The molecule has 5 nitrogen and oxygen atoms in total. The molecule has 6 heteroatoms. The second kappa shape index (κ2) is 6.56. The summed E-state index contributed by atoms with van der Waals surface area (Å²) in [5, 5.41) is 12.6. The standard InChI is InChI=1S/C14H24N2O3S/c1-5-14(4,10-17)15-12-8-6-7-9-13(12)20(18,19)16-11(2)3/h6-9,11,15-17H,5,10H2,1-4H3. The van der Waals surface area contributed by atoms with Crippen molar-refractivity contribution >= 4 is 15.7 Å². The number of nitrogens with one attached hydrogen (secondary N) is 2. The lowest BCUT2D eigenvalue weighted by atomic mass is 10.00. The van der Waals surface area contributed by atoms with Gasteiger partial charge in [0.25, 0.3) is 0 Å². The Hall–Kier alpha value is -1.11. The van der Waals surface area contributed by atoms with Crippen molar-refractivity contribution in [3.8, 4) is 0 Å². The average molecular weight is 300 g/mol. The number of anilines is 1. The third-order valence-corrected chi connectivity index (χ3v) is 4.85. The number of hydrogen-bond acceptors (Lipinski definition) is 4. The van der Waals surface area contributed by atoms with Crippen LogP contribution in [0.25, 0.3) is 0 Å². The highest BCUT2D eigenvalue weighted by molar-refractivity contribution is 7.89. The van der Waals surface area contributed by atoms with Crippen molar-refractivity contribution < 1.29 is 13.5 Å². The van der Waals surface area contributed by atoms with Crippen LogP contribution in [0.1, 0.15) is 34.1 Å². The first-order valence-electron chi connectivity index (χ1n) is 6.74. The van der Waals surface area contributed by atoms with Gasteiger partial charge in [0.2, 0.25) is 10.0 Å². The summed E-state index contributed by atoms with van der Waals surface area (Å²) in [7, 11) is -3.57. The zero-order valence-electron chi connectivity index (χ0n) is 12.5. The SMILES string of the molecule is CCC(C)(CO)Nc1ccccc1S(=O)(=O)NC(C)C. The summed E-state index contributed by atoms with van der Waals surface area (Å²) in [6, 6.07) is 6.54. The van der Waals surface area contributed by atoms with Crippen molar-refractivity contribution in [3.05, 3.63) is 24.3 Å². The minimum Gasteiger partial charge on any atom is -0.394 e. The van der Waals surface area contributed by atoms with Gasteiger partial charge in [0.1, 0.15) is 4.90 Å². The number of rotatable bonds is 7. The molecule has 0 fully saturated rings. The molecule has 1 unspecified atom stereocenters. The topological polar surface area (TPSA) is 78.4 Å². The Morgan fingerprint density at radius 3 is 2.40 bits per heavy atom. The second-order valence-corrected chi connectivity index (χ2v) is 7.15. The number of benzene rings is 1. The molecule has 1 aromatic carbocycles. The zero-order chi connectivity index (χ0) is 15.4. The van der Waals surface area contributed by atoms with Crippen LogP contribution in [0.5, 0.6) is 0 Å². The van der Waals surface area contributed by atoms with Crippen molar-refractivity contribution in [2.45, 2.75) is 50.6 Å². The predicted molar refractivity (Wildman–Crippen MR) is 81.3 cm³/mol. The summed E-state index contributed by atoms with van der Waals surface area (Å²) < 4.78 is 27.2. The van der Waals surface area contributed by atoms with Gasteiger partial charge in [-0.15, -0.1) is 0 Å². The molecule has 114 valence electrons. The summed E-state index contributed by atoms with van der Waals surface area (Å²) in [4.78, 5) is 0.196. The van der Waals surface area contributed by atoms with Gasteiger partial charge in [-0.25, -0.2) is 13.1 Å². The van der Waals surface area contributed by atoms with E-state index in [1.165, 1.54) is 0 Å². The quantitative estimate of drug-likeness (QED) is 0.719. The molecule has 0 radical (unpaired) electrons. The van der Waals surface area contributed by atoms with Crippen LogP contribution in [0.15, 0.2) is 29.2 Å². The highest BCUT2D eigenvalue weighted by Crippen LogP contribution is 2.25. The molecule has 0 bridgehead atoms. The first kappa shape index (κ1) is 16.9. The summed E-state index contributed by atoms with van der Waals surface area (Å²) in [5.74, 6) is 0. The summed E-state index contributed by atoms with van der Waals surface area (Å²) in [6.45, 7) is 7.27. The van der Waals surface area contributed by atoms with Gasteiger partial charge >= 0.3 is 0 Å². The zero-order valence-corrected chi connectivity index (χ0v) is 13.3. The van der Waals surface area contributed by atoms with E-state index in [0.29, 0.717) is 12.1 Å². The largest absolute Gasteiger partial charge is 0.394 e. The van der Waals surface area contributed by atoms with Crippen LogP contribution in [0, 0.1) is 0 Å². The van der Waals surface area contributed by atoms with E-state index in [9.17, 15) is 13.5 Å². The van der Waals surface area contributed by atoms with Gasteiger partial charge in [-0.3, -0.25) is 0 Å². The minimum atomic E-state index is -3.57. The lowest BCUT2D eigenvalue weighted by Gasteiger charge is -2.29. The summed E-state index contributed by atoms with van der Waals surface area (Å²) >= 11 is 0. The fraction of sp³-hybridized carbons (Fsp3) is 0.571. The first-order chi connectivity index (χ1) is 9.24. The van der Waals surface area contributed by atoms with Crippen molar-refractivity contribution in [1.29, 1.82) is 0 Å². The lowest BCUT2D eigenvalue weighted by Crippen LogP contribution is -2.39. The van der Waals surface area contributed by atoms with Crippen LogP contribution in [-0.2, 0) is 10.0 Å². The highest BCUT2D eigenvalue weighted by atomic mass is 32.2. The van der Waals surface area contributed by atoms with Crippen molar-refractivity contribution in [2.24, 2.45) is 0 Å². The van der Waals surface area contributed by atoms with Crippen LogP contribution in [0.3, 0.4) is 0 Å². The summed E-state index contributed by atoms with van der Waals surface area (Å²) in [5.41, 5.74) is -0.0530. The lowest BCUT2D eigenvalue weighted by molar-refractivity contribution is 0.218. The summed E-state index contributed by atoms with van der Waals surface area (Å²) in [6.07, 6.45) is 0.676.